The molecular formula is C12H18O2. The molecule has 78 valence electrons. The van der Waals surface area contributed by atoms with Crippen LogP contribution in [0.5, 0.6) is 0 Å². The molecule has 2 aliphatic rings. The Morgan fingerprint density at radius 3 is 2.71 bits per heavy atom. The van der Waals surface area contributed by atoms with Gasteiger partial charge >= 0.3 is 5.97 Å². The summed E-state index contributed by atoms with van der Waals surface area (Å²) in [4.78, 5) is 11.2. The predicted molar refractivity (Wildman–Crippen MR) is 54.9 cm³/mol. The van der Waals surface area contributed by atoms with Crippen LogP contribution in [-0.2, 0) is 4.79 Å². The Hall–Kier alpha value is -0.790. The zero-order chi connectivity index (χ0) is 10.1. The summed E-state index contributed by atoms with van der Waals surface area (Å²) < 4.78 is 0. The molecule has 0 aromatic rings. The standard InChI is InChI=1S/C12H18O2/c1-8-6-7-9-4-2-3-5-10(9)11(8)12(13)14/h6-11H,2-5H2,1H3,(H,13,14)/t8-,9+,10-,11-/m1/s1. The second-order valence-electron chi connectivity index (χ2n) is 4.72. The van der Waals surface area contributed by atoms with Crippen LogP contribution in [0, 0.1) is 23.7 Å². The second-order valence-corrected chi connectivity index (χ2v) is 4.72. The molecule has 0 unspecified atom stereocenters. The van der Waals surface area contributed by atoms with E-state index >= 15 is 0 Å². The number of aliphatic carboxylic acids is 1. The third-order valence-electron chi connectivity index (χ3n) is 3.85. The number of rotatable bonds is 1. The van der Waals surface area contributed by atoms with Gasteiger partial charge in [0.2, 0.25) is 0 Å². The van der Waals surface area contributed by atoms with Crippen molar-refractivity contribution in [2.75, 3.05) is 0 Å². The average Bonchev–Trinajstić information content (AvgIpc) is 2.17. The van der Waals surface area contributed by atoms with E-state index < -0.39 is 5.97 Å². The molecule has 2 heteroatoms. The van der Waals surface area contributed by atoms with Crippen LogP contribution in [0.25, 0.3) is 0 Å². The Labute approximate surface area is 85.0 Å². The largest absolute Gasteiger partial charge is 0.481 e. The summed E-state index contributed by atoms with van der Waals surface area (Å²) in [7, 11) is 0. The lowest BCUT2D eigenvalue weighted by atomic mass is 9.65. The average molecular weight is 194 g/mol. The van der Waals surface area contributed by atoms with Gasteiger partial charge in [-0.2, -0.15) is 0 Å². The summed E-state index contributed by atoms with van der Waals surface area (Å²) in [5.41, 5.74) is 0. The summed E-state index contributed by atoms with van der Waals surface area (Å²) in [5, 5.41) is 9.21. The van der Waals surface area contributed by atoms with Crippen LogP contribution < -0.4 is 0 Å². The first-order valence-electron chi connectivity index (χ1n) is 5.61. The van der Waals surface area contributed by atoms with Gasteiger partial charge in [-0.3, -0.25) is 4.79 Å². The van der Waals surface area contributed by atoms with Crippen LogP contribution in [0.4, 0.5) is 0 Å². The van der Waals surface area contributed by atoms with Crippen molar-refractivity contribution in [1.82, 2.24) is 0 Å². The molecule has 2 aliphatic carbocycles. The summed E-state index contributed by atoms with van der Waals surface area (Å²) in [5.74, 6) is 0.429. The SMILES string of the molecule is C[C@@H]1C=C[C@@H]2CCCC[C@H]2[C@@H]1C(=O)O. The van der Waals surface area contributed by atoms with E-state index in [4.69, 9.17) is 0 Å². The summed E-state index contributed by atoms with van der Waals surface area (Å²) in [6.07, 6.45) is 9.14. The van der Waals surface area contributed by atoms with Gasteiger partial charge < -0.3 is 5.11 Å². The van der Waals surface area contributed by atoms with Crippen LogP contribution in [0.15, 0.2) is 12.2 Å². The first kappa shape index (κ1) is 9.75. The van der Waals surface area contributed by atoms with Crippen molar-refractivity contribution in [2.24, 2.45) is 23.7 Å². The number of hydrogen-bond donors (Lipinski definition) is 1. The van der Waals surface area contributed by atoms with Crippen LogP contribution >= 0.6 is 0 Å². The van der Waals surface area contributed by atoms with Crippen LogP contribution in [0.3, 0.4) is 0 Å². The highest BCUT2D eigenvalue weighted by atomic mass is 16.4. The molecule has 1 fully saturated rings. The summed E-state index contributed by atoms with van der Waals surface area (Å²) in [6, 6.07) is 0. The molecule has 0 radical (unpaired) electrons. The molecule has 0 aliphatic heterocycles. The molecule has 2 rings (SSSR count). The van der Waals surface area contributed by atoms with Crippen molar-refractivity contribution in [3.63, 3.8) is 0 Å². The highest BCUT2D eigenvalue weighted by Crippen LogP contribution is 2.42. The molecule has 0 saturated heterocycles. The Kier molecular flexibility index (Phi) is 2.62. The van der Waals surface area contributed by atoms with Gasteiger partial charge in [-0.15, -0.1) is 0 Å². The number of hydrogen-bond acceptors (Lipinski definition) is 1. The first-order valence-corrected chi connectivity index (χ1v) is 5.61. The molecule has 1 N–H and O–H groups in total. The van der Waals surface area contributed by atoms with Gasteiger partial charge in [0.15, 0.2) is 0 Å². The van der Waals surface area contributed by atoms with E-state index in [-0.39, 0.29) is 11.8 Å². The number of allylic oxidation sites excluding steroid dienone is 2. The summed E-state index contributed by atoms with van der Waals surface area (Å²) in [6.45, 7) is 2.03. The fraction of sp³-hybridized carbons (Fsp3) is 0.750. The highest BCUT2D eigenvalue weighted by molar-refractivity contribution is 5.71. The highest BCUT2D eigenvalue weighted by Gasteiger charge is 2.39. The van der Waals surface area contributed by atoms with Crippen LogP contribution in [-0.4, -0.2) is 11.1 Å². The van der Waals surface area contributed by atoms with E-state index in [1.165, 1.54) is 19.3 Å². The minimum atomic E-state index is -0.598. The van der Waals surface area contributed by atoms with E-state index in [0.29, 0.717) is 11.8 Å². The molecule has 0 amide bonds. The van der Waals surface area contributed by atoms with Crippen molar-refractivity contribution in [3.8, 4) is 0 Å². The zero-order valence-electron chi connectivity index (χ0n) is 8.65. The van der Waals surface area contributed by atoms with Crippen LogP contribution in [0.2, 0.25) is 0 Å². The van der Waals surface area contributed by atoms with Gasteiger partial charge in [0.05, 0.1) is 5.92 Å². The molecular weight excluding hydrogens is 176 g/mol. The lowest BCUT2D eigenvalue weighted by Crippen LogP contribution is -2.37. The van der Waals surface area contributed by atoms with Crippen LogP contribution in [0.1, 0.15) is 32.6 Å². The number of carboxylic acids is 1. The summed E-state index contributed by atoms with van der Waals surface area (Å²) >= 11 is 0. The van der Waals surface area contributed by atoms with E-state index in [1.807, 2.05) is 6.92 Å². The first-order chi connectivity index (χ1) is 6.70. The monoisotopic (exact) mass is 194 g/mol. The Bertz CT molecular complexity index is 257. The van der Waals surface area contributed by atoms with Crippen molar-refractivity contribution in [1.29, 1.82) is 0 Å². The van der Waals surface area contributed by atoms with E-state index in [2.05, 4.69) is 12.2 Å². The maximum Gasteiger partial charge on any atom is 0.307 e. The van der Waals surface area contributed by atoms with Gasteiger partial charge in [-0.1, -0.05) is 31.9 Å². The van der Waals surface area contributed by atoms with Gasteiger partial charge in [-0.25, -0.2) is 0 Å². The second kappa shape index (κ2) is 3.76. The molecule has 0 spiro atoms. The lowest BCUT2D eigenvalue weighted by Gasteiger charge is -2.39. The van der Waals surface area contributed by atoms with Gasteiger partial charge in [-0.05, 0) is 30.6 Å². The van der Waals surface area contributed by atoms with E-state index in [0.717, 1.165) is 6.42 Å². The molecule has 0 aromatic carbocycles. The Morgan fingerprint density at radius 2 is 2.00 bits per heavy atom. The van der Waals surface area contributed by atoms with Crippen molar-refractivity contribution < 1.29 is 9.90 Å². The van der Waals surface area contributed by atoms with Gasteiger partial charge in [0.1, 0.15) is 0 Å². The van der Waals surface area contributed by atoms with E-state index in [9.17, 15) is 9.90 Å². The quantitative estimate of drug-likeness (QED) is 0.652. The fourth-order valence-electron chi connectivity index (χ4n) is 3.11. The topological polar surface area (TPSA) is 37.3 Å². The van der Waals surface area contributed by atoms with Crippen molar-refractivity contribution >= 4 is 5.97 Å². The molecule has 4 atom stereocenters. The normalized spacial score (nSPS) is 41.8. The smallest absolute Gasteiger partial charge is 0.307 e. The lowest BCUT2D eigenvalue weighted by molar-refractivity contribution is -0.146. The molecule has 0 heterocycles. The van der Waals surface area contributed by atoms with Crippen molar-refractivity contribution in [2.45, 2.75) is 32.6 Å². The van der Waals surface area contributed by atoms with Gasteiger partial charge in [0.25, 0.3) is 0 Å². The zero-order valence-corrected chi connectivity index (χ0v) is 8.65. The predicted octanol–water partition coefficient (Wildman–Crippen LogP) is 2.70. The van der Waals surface area contributed by atoms with Gasteiger partial charge in [0, 0.05) is 0 Å². The molecule has 0 aromatic heterocycles. The minimum Gasteiger partial charge on any atom is -0.481 e. The maximum atomic E-state index is 11.2. The third kappa shape index (κ3) is 1.58. The number of fused-ring (bicyclic) bond motifs is 1. The number of carboxylic acid groups (broad SMARTS) is 1. The molecule has 1 saturated carbocycles. The molecule has 0 bridgehead atoms. The maximum absolute atomic E-state index is 11.2. The Balaban J connectivity index is 2.21. The Morgan fingerprint density at radius 1 is 1.29 bits per heavy atom. The molecule has 14 heavy (non-hydrogen) atoms. The molecule has 2 nitrogen and oxygen atoms in total. The number of carbonyl (C=O) groups is 1. The fourth-order valence-corrected chi connectivity index (χ4v) is 3.11. The minimum absolute atomic E-state index is 0.134. The van der Waals surface area contributed by atoms with E-state index in [1.54, 1.807) is 0 Å². The van der Waals surface area contributed by atoms with Crippen molar-refractivity contribution in [3.05, 3.63) is 12.2 Å². The third-order valence-corrected chi connectivity index (χ3v) is 3.85.